The molecule has 104 valence electrons. The van der Waals surface area contributed by atoms with Gasteiger partial charge in [-0.1, -0.05) is 70.5 Å². The van der Waals surface area contributed by atoms with Crippen molar-refractivity contribution in [1.82, 2.24) is 0 Å². The van der Waals surface area contributed by atoms with Gasteiger partial charge in [0.1, 0.15) is 0 Å². The molecular weight excluding hydrogens is 320 g/mol. The second-order valence-electron chi connectivity index (χ2n) is 5.35. The summed E-state index contributed by atoms with van der Waals surface area (Å²) in [5.74, 6) is 0. The van der Waals surface area contributed by atoms with Gasteiger partial charge in [0.15, 0.2) is 0 Å². The molecule has 0 atom stereocenters. The zero-order valence-corrected chi connectivity index (χ0v) is 13.8. The van der Waals surface area contributed by atoms with E-state index in [1.165, 1.54) is 33.4 Å². The molecule has 0 aliphatic heterocycles. The second kappa shape index (κ2) is 5.87. The molecule has 21 heavy (non-hydrogen) atoms. The Morgan fingerprint density at radius 2 is 1.24 bits per heavy atom. The lowest BCUT2D eigenvalue weighted by molar-refractivity contribution is 1.40. The highest BCUT2D eigenvalue weighted by Crippen LogP contribution is 2.31. The SMILES string of the molecule is Cc1cc(Br)ccc1-c1ccc(-c2ccccc2)cc1C. The molecule has 0 unspecified atom stereocenters. The van der Waals surface area contributed by atoms with Gasteiger partial charge in [0, 0.05) is 4.47 Å². The highest BCUT2D eigenvalue weighted by Gasteiger charge is 2.07. The third-order valence-corrected chi connectivity index (χ3v) is 4.31. The molecule has 0 radical (unpaired) electrons. The third kappa shape index (κ3) is 2.93. The maximum atomic E-state index is 3.53. The molecule has 3 aromatic carbocycles. The summed E-state index contributed by atoms with van der Waals surface area (Å²) in [6, 6.07) is 23.7. The highest BCUT2D eigenvalue weighted by atomic mass is 79.9. The number of benzene rings is 3. The van der Waals surface area contributed by atoms with Gasteiger partial charge in [-0.25, -0.2) is 0 Å². The van der Waals surface area contributed by atoms with Gasteiger partial charge in [-0.05, 0) is 59.4 Å². The van der Waals surface area contributed by atoms with Crippen LogP contribution < -0.4 is 0 Å². The molecule has 0 spiro atoms. The van der Waals surface area contributed by atoms with Crippen LogP contribution in [0.15, 0.2) is 71.2 Å². The van der Waals surface area contributed by atoms with Crippen molar-refractivity contribution in [3.05, 3.63) is 82.3 Å². The molecule has 0 saturated heterocycles. The van der Waals surface area contributed by atoms with Crippen LogP contribution in [0, 0.1) is 13.8 Å². The zero-order valence-electron chi connectivity index (χ0n) is 12.2. The highest BCUT2D eigenvalue weighted by molar-refractivity contribution is 9.10. The molecule has 0 aliphatic rings. The summed E-state index contributed by atoms with van der Waals surface area (Å²) in [4.78, 5) is 0. The molecule has 3 rings (SSSR count). The quantitative estimate of drug-likeness (QED) is 0.507. The lowest BCUT2D eigenvalue weighted by atomic mass is 9.93. The number of aryl methyl sites for hydroxylation is 2. The fourth-order valence-electron chi connectivity index (χ4n) is 2.71. The largest absolute Gasteiger partial charge is 0.0622 e. The van der Waals surface area contributed by atoms with E-state index in [4.69, 9.17) is 0 Å². The summed E-state index contributed by atoms with van der Waals surface area (Å²) in [5, 5.41) is 0. The predicted octanol–water partition coefficient (Wildman–Crippen LogP) is 6.40. The zero-order chi connectivity index (χ0) is 14.8. The average molecular weight is 337 g/mol. The summed E-state index contributed by atoms with van der Waals surface area (Å²) in [7, 11) is 0. The fraction of sp³-hybridized carbons (Fsp3) is 0.100. The van der Waals surface area contributed by atoms with E-state index in [1.54, 1.807) is 0 Å². The smallest absolute Gasteiger partial charge is 0.0178 e. The van der Waals surface area contributed by atoms with E-state index in [2.05, 4.69) is 96.5 Å². The van der Waals surface area contributed by atoms with Crippen molar-refractivity contribution in [3.8, 4) is 22.3 Å². The van der Waals surface area contributed by atoms with Crippen LogP contribution in [-0.4, -0.2) is 0 Å². The van der Waals surface area contributed by atoms with Gasteiger partial charge in [-0.2, -0.15) is 0 Å². The summed E-state index contributed by atoms with van der Waals surface area (Å²) >= 11 is 3.53. The maximum absolute atomic E-state index is 3.53. The van der Waals surface area contributed by atoms with Crippen LogP contribution in [0.1, 0.15) is 11.1 Å². The number of halogens is 1. The average Bonchev–Trinajstić information content (AvgIpc) is 2.49. The molecule has 0 amide bonds. The summed E-state index contributed by atoms with van der Waals surface area (Å²) in [6.45, 7) is 4.34. The van der Waals surface area contributed by atoms with Crippen molar-refractivity contribution < 1.29 is 0 Å². The first-order valence-corrected chi connectivity index (χ1v) is 7.87. The van der Waals surface area contributed by atoms with Crippen molar-refractivity contribution in [2.24, 2.45) is 0 Å². The van der Waals surface area contributed by atoms with E-state index in [0.29, 0.717) is 0 Å². The van der Waals surface area contributed by atoms with E-state index in [0.717, 1.165) is 4.47 Å². The molecular formula is C20H17Br. The van der Waals surface area contributed by atoms with Crippen molar-refractivity contribution in [3.63, 3.8) is 0 Å². The van der Waals surface area contributed by atoms with E-state index in [-0.39, 0.29) is 0 Å². The van der Waals surface area contributed by atoms with Crippen LogP contribution in [0.2, 0.25) is 0 Å². The van der Waals surface area contributed by atoms with Gasteiger partial charge in [0.25, 0.3) is 0 Å². The molecule has 0 bridgehead atoms. The van der Waals surface area contributed by atoms with Gasteiger partial charge >= 0.3 is 0 Å². The Morgan fingerprint density at radius 3 is 1.86 bits per heavy atom. The van der Waals surface area contributed by atoms with Crippen LogP contribution in [0.3, 0.4) is 0 Å². The van der Waals surface area contributed by atoms with E-state index in [9.17, 15) is 0 Å². The Bertz CT molecular complexity index is 773. The first kappa shape index (κ1) is 14.1. The van der Waals surface area contributed by atoms with Crippen molar-refractivity contribution in [2.45, 2.75) is 13.8 Å². The van der Waals surface area contributed by atoms with Crippen LogP contribution in [0.4, 0.5) is 0 Å². The monoisotopic (exact) mass is 336 g/mol. The summed E-state index contributed by atoms with van der Waals surface area (Å²) in [5.41, 5.74) is 7.74. The molecule has 3 aromatic rings. The van der Waals surface area contributed by atoms with E-state index >= 15 is 0 Å². The van der Waals surface area contributed by atoms with Crippen LogP contribution in [0.5, 0.6) is 0 Å². The lowest BCUT2D eigenvalue weighted by Gasteiger charge is -2.12. The van der Waals surface area contributed by atoms with Crippen molar-refractivity contribution >= 4 is 15.9 Å². The maximum Gasteiger partial charge on any atom is 0.0178 e. The van der Waals surface area contributed by atoms with Crippen molar-refractivity contribution in [1.29, 1.82) is 0 Å². The first-order valence-electron chi connectivity index (χ1n) is 7.08. The number of hydrogen-bond acceptors (Lipinski definition) is 0. The summed E-state index contributed by atoms with van der Waals surface area (Å²) in [6.07, 6.45) is 0. The Kier molecular flexibility index (Phi) is 3.94. The molecule has 0 fully saturated rings. The summed E-state index contributed by atoms with van der Waals surface area (Å²) < 4.78 is 1.13. The topological polar surface area (TPSA) is 0 Å². The van der Waals surface area contributed by atoms with Crippen LogP contribution >= 0.6 is 15.9 Å². The fourth-order valence-corrected chi connectivity index (χ4v) is 3.18. The predicted molar refractivity (Wildman–Crippen MR) is 94.5 cm³/mol. The molecule has 0 heterocycles. The van der Waals surface area contributed by atoms with Crippen LogP contribution in [-0.2, 0) is 0 Å². The standard InChI is InChI=1S/C20H17Br/c1-14-12-17(16-6-4-3-5-7-16)8-10-19(14)20-11-9-18(21)13-15(20)2/h3-13H,1-2H3. The van der Waals surface area contributed by atoms with E-state index < -0.39 is 0 Å². The minimum atomic E-state index is 1.13. The molecule has 0 N–H and O–H groups in total. The Labute approximate surface area is 134 Å². The molecule has 0 saturated carbocycles. The third-order valence-electron chi connectivity index (χ3n) is 3.81. The number of rotatable bonds is 2. The minimum Gasteiger partial charge on any atom is -0.0622 e. The minimum absolute atomic E-state index is 1.13. The molecule has 0 aliphatic carbocycles. The van der Waals surface area contributed by atoms with Gasteiger partial charge in [0.05, 0.1) is 0 Å². The van der Waals surface area contributed by atoms with Crippen LogP contribution in [0.25, 0.3) is 22.3 Å². The van der Waals surface area contributed by atoms with Gasteiger partial charge in [0.2, 0.25) is 0 Å². The normalized spacial score (nSPS) is 10.6. The molecule has 1 heteroatoms. The Hall–Kier alpha value is -1.86. The molecule has 0 nitrogen and oxygen atoms in total. The second-order valence-corrected chi connectivity index (χ2v) is 6.27. The van der Waals surface area contributed by atoms with E-state index in [1.807, 2.05) is 0 Å². The van der Waals surface area contributed by atoms with Gasteiger partial charge in [-0.3, -0.25) is 0 Å². The number of hydrogen-bond donors (Lipinski definition) is 0. The van der Waals surface area contributed by atoms with Crippen molar-refractivity contribution in [2.75, 3.05) is 0 Å². The van der Waals surface area contributed by atoms with Gasteiger partial charge in [-0.15, -0.1) is 0 Å². The Balaban J connectivity index is 2.06. The van der Waals surface area contributed by atoms with Gasteiger partial charge < -0.3 is 0 Å². The first-order chi connectivity index (χ1) is 10.1. The molecule has 0 aromatic heterocycles. The lowest BCUT2D eigenvalue weighted by Crippen LogP contribution is -1.88. The Morgan fingerprint density at radius 1 is 0.619 bits per heavy atom.